The topological polar surface area (TPSA) is 495 Å². The molecule has 0 aliphatic carbocycles. The average molecular weight is 1030 g/mol. The number of phosphoric ester groups is 2. The molecule has 6 unspecified atom stereocenters. The van der Waals surface area contributed by atoms with Crippen LogP contribution in [-0.2, 0) is 63.2 Å². The molecule has 2 fully saturated rings. The summed E-state index contributed by atoms with van der Waals surface area (Å²) < 4.78 is 103. The van der Waals surface area contributed by atoms with Crippen LogP contribution < -0.4 is 11.4 Å². The fourth-order valence-electron chi connectivity index (χ4n) is 4.69. The minimum absolute atomic E-state index is 0.133. The molecule has 60 heavy (non-hydrogen) atoms. The molecule has 344 valence electrons. The lowest BCUT2D eigenvalue weighted by molar-refractivity contribution is -0.0543. The third-order valence-corrected chi connectivity index (χ3v) is 15.6. The number of H-pyrrole nitrogens is 2. The summed E-state index contributed by atoms with van der Waals surface area (Å²) >= 11 is 9.79. The zero-order valence-electron chi connectivity index (χ0n) is 29.5. The van der Waals surface area contributed by atoms with Crippen LogP contribution in [0, 0.1) is 23.1 Å². The molecule has 2 aliphatic rings. The Labute approximate surface area is 342 Å². The molecule has 14 N–H and O–H groups in total. The highest BCUT2D eigenvalue weighted by atomic mass is 32.1. The van der Waals surface area contributed by atoms with Crippen molar-refractivity contribution in [1.29, 1.82) is 0 Å². The van der Waals surface area contributed by atoms with Crippen molar-refractivity contribution in [1.82, 2.24) is 19.1 Å². The minimum atomic E-state index is -5.71. The Hall–Kier alpha value is -1.22. The van der Waals surface area contributed by atoms with Crippen molar-refractivity contribution in [3.63, 3.8) is 0 Å². The van der Waals surface area contributed by atoms with E-state index in [2.05, 4.69) is 36.3 Å². The van der Waals surface area contributed by atoms with Crippen LogP contribution in [0.15, 0.2) is 22.0 Å². The van der Waals surface area contributed by atoms with Gasteiger partial charge in [-0.1, -0.05) is 24.4 Å². The molecular weight excluding hydrogens is 994 g/mol. The highest BCUT2D eigenvalue weighted by Gasteiger charge is 2.48. The summed E-state index contributed by atoms with van der Waals surface area (Å²) in [4.78, 5) is 99.5. The molecule has 4 rings (SSSR count). The van der Waals surface area contributed by atoms with E-state index in [0.29, 0.717) is 11.1 Å². The number of hydrogen-bond acceptors (Lipinski definition) is 22. The van der Waals surface area contributed by atoms with Crippen LogP contribution in [0.2, 0.25) is 0 Å². The van der Waals surface area contributed by atoms with Gasteiger partial charge in [0.15, 0.2) is 12.5 Å². The first-order chi connectivity index (χ1) is 27.0. The zero-order chi connectivity index (χ0) is 46.1. The summed E-state index contributed by atoms with van der Waals surface area (Å²) in [6.07, 6.45) is -10.3. The van der Waals surface area contributed by atoms with Crippen molar-refractivity contribution in [2.75, 3.05) is 13.2 Å². The van der Waals surface area contributed by atoms with Gasteiger partial charge in [-0.3, -0.25) is 28.1 Å². The van der Waals surface area contributed by atoms with Crippen LogP contribution in [-0.4, -0.2) is 129 Å². The average Bonchev–Trinajstić information content (AvgIpc) is 3.48. The predicted molar refractivity (Wildman–Crippen MR) is 193 cm³/mol. The Morgan fingerprint density at radius 3 is 1.15 bits per heavy atom. The first kappa shape index (κ1) is 53.1. The van der Waals surface area contributed by atoms with Gasteiger partial charge in [-0.2, -0.15) is 17.2 Å². The molecule has 40 heteroatoms. The van der Waals surface area contributed by atoms with Crippen LogP contribution in [0.3, 0.4) is 0 Å². The molecule has 0 amide bonds. The molecule has 0 bridgehead atoms. The SMILES string of the molecule is Cc1cn([C@H]2O[C@@H](COP(=O)(O)OP(=O)(O)OP(=O)(O)O)C(O)[C@H]2O)c(=O)[nH]c1=S.Cc1cn([C@H]2O[C@@H](COP(=O)(O)OP(=O)(O)OP(=O)(O)O)C(O)[C@H]2O)c(=O)[nH]c1=S. The van der Waals surface area contributed by atoms with E-state index in [1.54, 1.807) is 13.8 Å². The van der Waals surface area contributed by atoms with Crippen molar-refractivity contribution in [3.8, 4) is 0 Å². The number of nitrogens with one attached hydrogen (secondary N) is 2. The van der Waals surface area contributed by atoms with Gasteiger partial charge < -0.3 is 69.0 Å². The van der Waals surface area contributed by atoms with Crippen LogP contribution in [0.5, 0.6) is 0 Å². The summed E-state index contributed by atoms with van der Waals surface area (Å²) in [7, 11) is -33.4. The highest BCUT2D eigenvalue weighted by molar-refractivity contribution is 7.71. The number of aromatic amines is 2. The van der Waals surface area contributed by atoms with Gasteiger partial charge in [-0.25, -0.2) is 37.0 Å². The Bertz CT molecular complexity index is 2260. The number of aromatic nitrogens is 4. The quantitative estimate of drug-likeness (QED) is 0.0662. The predicted octanol–water partition coefficient (Wildman–Crippen LogP) is -1.65. The first-order valence-electron chi connectivity index (χ1n) is 15.3. The molecule has 2 aromatic heterocycles. The van der Waals surface area contributed by atoms with Crippen LogP contribution >= 0.6 is 71.4 Å². The van der Waals surface area contributed by atoms with Crippen molar-refractivity contribution >= 4 is 71.4 Å². The summed E-state index contributed by atoms with van der Waals surface area (Å²) in [5, 5.41) is 40.3. The van der Waals surface area contributed by atoms with E-state index in [9.17, 15) is 67.2 Å². The minimum Gasteiger partial charge on any atom is -0.387 e. The van der Waals surface area contributed by atoms with Gasteiger partial charge in [-0.05, 0) is 13.8 Å². The number of rotatable bonds is 16. The molecule has 0 saturated carbocycles. The van der Waals surface area contributed by atoms with Gasteiger partial charge >= 0.3 is 58.3 Å². The number of aliphatic hydroxyl groups is 4. The largest absolute Gasteiger partial charge is 0.490 e. The number of hydrogen-bond donors (Lipinski definition) is 14. The lowest BCUT2D eigenvalue weighted by atomic mass is 10.1. The monoisotopic (exact) mass is 1030 g/mol. The summed E-state index contributed by atoms with van der Waals surface area (Å²) in [6.45, 7) is 1.10. The second-order valence-corrected chi connectivity index (χ2v) is 21.5. The summed E-state index contributed by atoms with van der Waals surface area (Å²) in [5.41, 5.74) is -0.691. The van der Waals surface area contributed by atoms with Gasteiger partial charge in [0.25, 0.3) is 0 Å². The maximum absolute atomic E-state index is 12.0. The Kier molecular flexibility index (Phi) is 17.6. The number of aliphatic hydroxyl groups excluding tert-OH is 4. The van der Waals surface area contributed by atoms with E-state index in [0.717, 1.165) is 9.13 Å². The van der Waals surface area contributed by atoms with E-state index >= 15 is 0 Å². The van der Waals surface area contributed by atoms with Crippen molar-refractivity contribution in [2.45, 2.75) is 62.9 Å². The van der Waals surface area contributed by atoms with E-state index < -0.39 is 121 Å². The summed E-state index contributed by atoms with van der Waals surface area (Å²) in [5.74, 6) is 0. The lowest BCUT2D eigenvalue weighted by Gasteiger charge is -2.19. The van der Waals surface area contributed by atoms with Gasteiger partial charge in [0.1, 0.15) is 45.9 Å². The standard InChI is InChI=1S/2C10H17N2O14P3S/c2*1-4-2-12(10(15)11-8(4)30)9-7(14)6(13)5(24-9)3-23-28(19,20)26-29(21,22)25-27(16,17)18/h2*2,5-7,9,13-14H,3H2,1H3,(H,19,20)(H,21,22)(H,11,15,30)(H2,16,17,18)/t2*5-,6?,7+,9-/m00/s1. The van der Waals surface area contributed by atoms with Crippen LogP contribution in [0.1, 0.15) is 23.6 Å². The Morgan fingerprint density at radius 2 is 0.867 bits per heavy atom. The zero-order valence-corrected chi connectivity index (χ0v) is 36.5. The van der Waals surface area contributed by atoms with Gasteiger partial charge in [0, 0.05) is 23.5 Å². The van der Waals surface area contributed by atoms with Crippen LogP contribution in [0.4, 0.5) is 0 Å². The molecule has 2 aliphatic heterocycles. The third-order valence-electron chi connectivity index (χ3n) is 7.15. The second-order valence-electron chi connectivity index (χ2n) is 11.8. The lowest BCUT2D eigenvalue weighted by Crippen LogP contribution is -2.36. The maximum Gasteiger partial charge on any atom is 0.490 e. The fraction of sp³-hybridized carbons (Fsp3) is 0.600. The van der Waals surface area contributed by atoms with E-state index in [1.807, 2.05) is 0 Å². The molecule has 0 aromatic carbocycles. The van der Waals surface area contributed by atoms with Crippen molar-refractivity contribution < 1.29 is 123 Å². The fourth-order valence-corrected chi connectivity index (χ4v) is 11.0. The molecular formula is C20H34N4O28P6S2. The van der Waals surface area contributed by atoms with Crippen LogP contribution in [0.25, 0.3) is 0 Å². The summed E-state index contributed by atoms with van der Waals surface area (Å²) in [6, 6.07) is 0. The van der Waals surface area contributed by atoms with E-state index in [4.69, 9.17) is 63.3 Å². The first-order valence-corrected chi connectivity index (χ1v) is 25.1. The van der Waals surface area contributed by atoms with Crippen molar-refractivity contribution in [3.05, 3.63) is 53.8 Å². The number of phosphoric acid groups is 6. The Balaban J connectivity index is 0.000000320. The van der Waals surface area contributed by atoms with Gasteiger partial charge in [-0.15, -0.1) is 0 Å². The van der Waals surface area contributed by atoms with Gasteiger partial charge in [0.05, 0.1) is 13.2 Å². The van der Waals surface area contributed by atoms with E-state index in [1.165, 1.54) is 12.4 Å². The van der Waals surface area contributed by atoms with Gasteiger partial charge in [0.2, 0.25) is 0 Å². The molecule has 2 aromatic rings. The Morgan fingerprint density at radius 1 is 0.567 bits per heavy atom. The molecule has 4 heterocycles. The third kappa shape index (κ3) is 15.5. The molecule has 2 saturated heterocycles. The van der Waals surface area contributed by atoms with E-state index in [-0.39, 0.29) is 9.28 Å². The number of aryl methyl sites for hydroxylation is 2. The second kappa shape index (κ2) is 19.9. The molecule has 0 spiro atoms. The molecule has 32 nitrogen and oxygen atoms in total. The molecule has 0 radical (unpaired) electrons. The number of nitrogens with zero attached hydrogens (tertiary/aromatic N) is 2. The maximum atomic E-state index is 12.0. The van der Waals surface area contributed by atoms with Crippen molar-refractivity contribution in [2.24, 2.45) is 0 Å². The smallest absolute Gasteiger partial charge is 0.387 e. The normalized spacial score (nSPS) is 28.8. The highest BCUT2D eigenvalue weighted by Crippen LogP contribution is 2.67. The number of ether oxygens (including phenoxy) is 2. The molecule has 12 atom stereocenters.